The van der Waals surface area contributed by atoms with Crippen LogP contribution in [0, 0.1) is 17.8 Å². The van der Waals surface area contributed by atoms with Crippen molar-refractivity contribution in [1.82, 2.24) is 9.62 Å². The van der Waals surface area contributed by atoms with Gasteiger partial charge in [-0.15, -0.1) is 0 Å². The van der Waals surface area contributed by atoms with Crippen LogP contribution in [0.3, 0.4) is 0 Å². The molecule has 2 aliphatic heterocycles. The Labute approximate surface area is 163 Å². The zero-order valence-corrected chi connectivity index (χ0v) is 17.3. The lowest BCUT2D eigenvalue weighted by Crippen LogP contribution is -2.50. The second-order valence-corrected chi connectivity index (χ2v) is 7.93. The van der Waals surface area contributed by atoms with Crippen LogP contribution in [0.4, 0.5) is 0 Å². The Kier molecular flexibility index (Phi) is 9.22. The molecule has 0 spiro atoms. The summed E-state index contributed by atoms with van der Waals surface area (Å²) in [6.07, 6.45) is 6.42. The molecular formula is C19H35N3O3S. The van der Waals surface area contributed by atoms with Crippen LogP contribution >= 0.6 is 12.8 Å². The molecule has 7 heteroatoms. The maximum absolute atomic E-state index is 11.1. The quantitative estimate of drug-likeness (QED) is 0.473. The maximum Gasteiger partial charge on any atom is 0.229 e. The fourth-order valence-electron chi connectivity index (χ4n) is 3.67. The Hall–Kier alpha value is -0.790. The Morgan fingerprint density at radius 1 is 1.27 bits per heavy atom. The van der Waals surface area contributed by atoms with Gasteiger partial charge in [-0.2, -0.15) is 0 Å². The average Bonchev–Trinajstić information content (AvgIpc) is 2.66. The van der Waals surface area contributed by atoms with Crippen LogP contribution in [0.1, 0.15) is 52.9 Å². The van der Waals surface area contributed by atoms with Crippen molar-refractivity contribution in [2.24, 2.45) is 22.7 Å². The van der Waals surface area contributed by atoms with Crippen molar-refractivity contribution in [3.8, 4) is 0 Å². The van der Waals surface area contributed by atoms with Crippen molar-refractivity contribution >= 4 is 25.1 Å². The largest absolute Gasteiger partial charge is 0.360 e. The summed E-state index contributed by atoms with van der Waals surface area (Å²) in [5.41, 5.74) is 0. The van der Waals surface area contributed by atoms with Gasteiger partial charge in [0.15, 0.2) is 6.29 Å². The smallest absolute Gasteiger partial charge is 0.229 e. The number of hydrogen-bond acceptors (Lipinski definition) is 6. The van der Waals surface area contributed by atoms with Gasteiger partial charge in [0.25, 0.3) is 0 Å². The van der Waals surface area contributed by atoms with Gasteiger partial charge in [-0.1, -0.05) is 40.0 Å². The highest BCUT2D eigenvalue weighted by atomic mass is 32.1. The van der Waals surface area contributed by atoms with Gasteiger partial charge in [0, 0.05) is 38.6 Å². The maximum atomic E-state index is 11.1. The molecule has 0 saturated carbocycles. The van der Waals surface area contributed by atoms with Gasteiger partial charge in [-0.25, -0.2) is 0 Å². The molecule has 26 heavy (non-hydrogen) atoms. The van der Waals surface area contributed by atoms with E-state index in [2.05, 4.69) is 48.2 Å². The Morgan fingerprint density at radius 3 is 2.77 bits per heavy atom. The molecule has 2 heterocycles. The SMILES string of the molecule is CC1C(CN2C=NCCC2)OC(OCCCCCC(=O)NS)C(C)C1C. The van der Waals surface area contributed by atoms with Crippen LogP contribution in [0.2, 0.25) is 0 Å². The summed E-state index contributed by atoms with van der Waals surface area (Å²) < 4.78 is 14.8. The topological polar surface area (TPSA) is 63.2 Å². The highest BCUT2D eigenvalue weighted by molar-refractivity contribution is 7.78. The third-order valence-corrected chi connectivity index (χ3v) is 6.08. The van der Waals surface area contributed by atoms with Crippen LogP contribution in [0.5, 0.6) is 0 Å². The summed E-state index contributed by atoms with van der Waals surface area (Å²) in [5, 5.41) is 0. The zero-order chi connectivity index (χ0) is 18.9. The van der Waals surface area contributed by atoms with E-state index in [0.717, 1.165) is 45.3 Å². The first kappa shape index (κ1) is 21.5. The summed E-state index contributed by atoms with van der Waals surface area (Å²) in [6.45, 7) is 10.4. The van der Waals surface area contributed by atoms with Gasteiger partial charge >= 0.3 is 0 Å². The number of nitrogens with one attached hydrogen (secondary N) is 1. The summed E-state index contributed by atoms with van der Waals surface area (Å²) in [5.74, 6) is 1.41. The highest BCUT2D eigenvalue weighted by Gasteiger charge is 2.40. The summed E-state index contributed by atoms with van der Waals surface area (Å²) in [6, 6.07) is 0. The highest BCUT2D eigenvalue weighted by Crippen LogP contribution is 2.35. The molecule has 5 atom stereocenters. The van der Waals surface area contributed by atoms with E-state index < -0.39 is 0 Å². The molecular weight excluding hydrogens is 350 g/mol. The van der Waals surface area contributed by atoms with Gasteiger partial charge < -0.3 is 19.1 Å². The van der Waals surface area contributed by atoms with E-state index in [9.17, 15) is 4.79 Å². The second-order valence-electron chi connectivity index (χ2n) is 7.71. The molecule has 0 aliphatic carbocycles. The van der Waals surface area contributed by atoms with E-state index >= 15 is 0 Å². The lowest BCUT2D eigenvalue weighted by Gasteiger charge is -2.44. The lowest BCUT2D eigenvalue weighted by atomic mass is 9.79. The number of aliphatic imine (C=N–C) groups is 1. The van der Waals surface area contributed by atoms with Crippen LogP contribution < -0.4 is 4.72 Å². The fourth-order valence-corrected chi connectivity index (χ4v) is 3.78. The molecule has 2 rings (SSSR count). The van der Waals surface area contributed by atoms with Crippen molar-refractivity contribution in [2.75, 3.05) is 26.2 Å². The van der Waals surface area contributed by atoms with Gasteiger partial charge in [0.05, 0.1) is 12.4 Å². The van der Waals surface area contributed by atoms with Crippen molar-refractivity contribution in [1.29, 1.82) is 0 Å². The molecule has 0 radical (unpaired) electrons. The third kappa shape index (κ3) is 6.43. The average molecular weight is 386 g/mol. The molecule has 1 N–H and O–H groups in total. The standard InChI is InChI=1S/C19H35N3O3S/c1-14-15(2)17(12-22-10-7-9-20-13-22)25-19(16(14)3)24-11-6-4-5-8-18(23)21-26/h13-17,19,26H,4-12H2,1-3H3,(H,21,23). The molecule has 6 nitrogen and oxygen atoms in total. The Bertz CT molecular complexity index is 463. The lowest BCUT2D eigenvalue weighted by molar-refractivity contribution is -0.249. The number of carbonyl (C=O) groups is 1. The summed E-state index contributed by atoms with van der Waals surface area (Å²) >= 11 is 3.76. The van der Waals surface area contributed by atoms with E-state index in [0.29, 0.717) is 30.8 Å². The second kappa shape index (κ2) is 11.1. The monoisotopic (exact) mass is 385 g/mol. The van der Waals surface area contributed by atoms with E-state index in [-0.39, 0.29) is 18.3 Å². The predicted molar refractivity (Wildman–Crippen MR) is 107 cm³/mol. The molecule has 2 aliphatic rings. The van der Waals surface area contributed by atoms with Gasteiger partial charge in [0.1, 0.15) is 0 Å². The number of amides is 1. The minimum atomic E-state index is -0.145. The Balaban J connectivity index is 1.75. The molecule has 0 aromatic carbocycles. The van der Waals surface area contributed by atoms with Crippen molar-refractivity contribution in [3.05, 3.63) is 0 Å². The van der Waals surface area contributed by atoms with Crippen LogP contribution in [-0.2, 0) is 14.3 Å². The van der Waals surface area contributed by atoms with Crippen LogP contribution in [0.25, 0.3) is 0 Å². The first-order valence-electron chi connectivity index (χ1n) is 9.97. The van der Waals surface area contributed by atoms with E-state index in [1.54, 1.807) is 0 Å². The van der Waals surface area contributed by atoms with Crippen molar-refractivity contribution in [2.45, 2.75) is 65.3 Å². The molecule has 0 bridgehead atoms. The molecule has 1 saturated heterocycles. The van der Waals surface area contributed by atoms with Crippen molar-refractivity contribution in [3.63, 3.8) is 0 Å². The van der Waals surface area contributed by atoms with Crippen molar-refractivity contribution < 1.29 is 14.3 Å². The number of hydrogen-bond donors (Lipinski definition) is 2. The van der Waals surface area contributed by atoms with E-state index in [1.807, 2.05) is 6.34 Å². The van der Waals surface area contributed by atoms with Gasteiger partial charge in [0.2, 0.25) is 5.91 Å². The van der Waals surface area contributed by atoms with E-state index in [1.165, 1.54) is 0 Å². The van der Waals surface area contributed by atoms with Crippen LogP contribution in [-0.4, -0.2) is 55.8 Å². The molecule has 0 aromatic rings. The predicted octanol–water partition coefficient (Wildman–Crippen LogP) is 2.89. The first-order chi connectivity index (χ1) is 12.5. The number of ether oxygens (including phenoxy) is 2. The molecule has 5 unspecified atom stereocenters. The number of unbranched alkanes of at least 4 members (excludes halogenated alkanes) is 2. The van der Waals surface area contributed by atoms with Gasteiger partial charge in [-0.05, 0) is 31.1 Å². The normalized spacial score (nSPS) is 31.8. The van der Waals surface area contributed by atoms with Crippen LogP contribution in [0.15, 0.2) is 4.99 Å². The summed E-state index contributed by atoms with van der Waals surface area (Å²) in [4.78, 5) is 17.8. The fraction of sp³-hybridized carbons (Fsp3) is 0.895. The molecule has 1 fully saturated rings. The number of rotatable bonds is 9. The molecule has 150 valence electrons. The minimum absolute atomic E-state index is 0.0228. The van der Waals surface area contributed by atoms with E-state index in [4.69, 9.17) is 9.47 Å². The number of carbonyl (C=O) groups excluding carboxylic acids is 1. The third-order valence-electron chi connectivity index (χ3n) is 5.83. The Morgan fingerprint density at radius 2 is 2.08 bits per heavy atom. The molecule has 1 amide bonds. The molecule has 0 aromatic heterocycles. The minimum Gasteiger partial charge on any atom is -0.360 e. The zero-order valence-electron chi connectivity index (χ0n) is 16.4. The summed E-state index contributed by atoms with van der Waals surface area (Å²) in [7, 11) is 0. The number of thiol groups is 1. The number of nitrogens with zero attached hydrogens (tertiary/aromatic N) is 2. The first-order valence-corrected chi connectivity index (χ1v) is 10.4. The van der Waals surface area contributed by atoms with Gasteiger partial charge in [-0.3, -0.25) is 9.79 Å².